The Bertz CT molecular complexity index is 735. The molecule has 0 spiro atoms. The summed E-state index contributed by atoms with van der Waals surface area (Å²) < 4.78 is 4.71. The first-order chi connectivity index (χ1) is 11.6. The molecule has 3 amide bonds. The summed E-state index contributed by atoms with van der Waals surface area (Å²) in [5.74, 6) is -0.883. The van der Waals surface area contributed by atoms with E-state index in [0.29, 0.717) is 0 Å². The van der Waals surface area contributed by atoms with Crippen LogP contribution in [0.5, 0.6) is 0 Å². The Morgan fingerprint density at radius 1 is 1.25 bits per heavy atom. The van der Waals surface area contributed by atoms with E-state index < -0.39 is 23.9 Å². The molecule has 24 heavy (non-hydrogen) atoms. The largest absolute Gasteiger partial charge is 0.439 e. The summed E-state index contributed by atoms with van der Waals surface area (Å²) in [5, 5.41) is 2.77. The molecule has 1 unspecified atom stereocenters. The van der Waals surface area contributed by atoms with Crippen LogP contribution in [-0.2, 0) is 9.53 Å². The summed E-state index contributed by atoms with van der Waals surface area (Å²) in [4.78, 5) is 44.5. The number of imide groups is 1. The van der Waals surface area contributed by atoms with Crippen molar-refractivity contribution in [1.29, 1.82) is 0 Å². The maximum Gasteiger partial charge on any atom is 0.417 e. The van der Waals surface area contributed by atoms with Gasteiger partial charge in [0.2, 0.25) is 0 Å². The molecule has 0 bridgehead atoms. The zero-order valence-corrected chi connectivity index (χ0v) is 12.6. The van der Waals surface area contributed by atoms with Crippen molar-refractivity contribution in [3.05, 3.63) is 60.2 Å². The monoisotopic (exact) mass is 326 g/mol. The predicted octanol–water partition coefficient (Wildman–Crippen LogP) is 0.926. The van der Waals surface area contributed by atoms with Crippen LogP contribution in [0.25, 0.3) is 0 Å². The molecule has 8 nitrogen and oxygen atoms in total. The standard InChI is InChI=1S/C16H14N4O4/c21-14-10-24-16(23)20(14)9-13(11-4-2-1-3-5-11)19-15(22)12-8-17-6-7-18-12/h1-8,13H,9-10H2,(H,19,22). The molecule has 1 aliphatic rings. The van der Waals surface area contributed by atoms with Crippen molar-refractivity contribution in [2.75, 3.05) is 13.2 Å². The lowest BCUT2D eigenvalue weighted by Crippen LogP contribution is -2.40. The van der Waals surface area contributed by atoms with Gasteiger partial charge in [0, 0.05) is 12.4 Å². The van der Waals surface area contributed by atoms with Crippen molar-refractivity contribution in [3.8, 4) is 0 Å². The highest BCUT2D eigenvalue weighted by Gasteiger charge is 2.33. The highest BCUT2D eigenvalue weighted by atomic mass is 16.6. The number of ether oxygens (including phenoxy) is 1. The Balaban J connectivity index is 1.81. The lowest BCUT2D eigenvalue weighted by molar-refractivity contribution is -0.126. The molecular weight excluding hydrogens is 312 g/mol. The molecule has 1 atom stereocenters. The van der Waals surface area contributed by atoms with Gasteiger partial charge in [-0.25, -0.2) is 14.7 Å². The minimum absolute atomic E-state index is 0.0202. The number of nitrogens with one attached hydrogen (secondary N) is 1. The van der Waals surface area contributed by atoms with Crippen molar-refractivity contribution in [1.82, 2.24) is 20.2 Å². The van der Waals surface area contributed by atoms with Crippen molar-refractivity contribution >= 4 is 17.9 Å². The van der Waals surface area contributed by atoms with Gasteiger partial charge in [-0.1, -0.05) is 30.3 Å². The van der Waals surface area contributed by atoms with E-state index in [1.165, 1.54) is 18.6 Å². The van der Waals surface area contributed by atoms with Gasteiger partial charge in [0.1, 0.15) is 5.69 Å². The molecule has 1 aromatic carbocycles. The summed E-state index contributed by atoms with van der Waals surface area (Å²) in [6, 6.07) is 8.46. The van der Waals surface area contributed by atoms with Crippen molar-refractivity contribution in [2.45, 2.75) is 6.04 Å². The minimum Gasteiger partial charge on any atom is -0.439 e. The molecule has 0 radical (unpaired) electrons. The topological polar surface area (TPSA) is 101 Å². The summed E-state index contributed by atoms with van der Waals surface area (Å²) in [6.07, 6.45) is 3.50. The Morgan fingerprint density at radius 2 is 2.04 bits per heavy atom. The maximum atomic E-state index is 12.3. The van der Waals surface area contributed by atoms with Gasteiger partial charge in [0.05, 0.1) is 18.8 Å². The van der Waals surface area contributed by atoms with E-state index in [-0.39, 0.29) is 18.8 Å². The fourth-order valence-electron chi connectivity index (χ4n) is 2.31. The fourth-order valence-corrected chi connectivity index (χ4v) is 2.31. The number of hydrogen-bond acceptors (Lipinski definition) is 6. The number of amides is 3. The lowest BCUT2D eigenvalue weighted by atomic mass is 10.1. The SMILES string of the molecule is O=C(NC(CN1C(=O)COC1=O)c1ccccc1)c1cnccn1. The second-order valence-electron chi connectivity index (χ2n) is 5.09. The van der Waals surface area contributed by atoms with Crippen LogP contribution in [0, 0.1) is 0 Å². The zero-order chi connectivity index (χ0) is 16.9. The summed E-state index contributed by atoms with van der Waals surface area (Å²) in [7, 11) is 0. The quantitative estimate of drug-likeness (QED) is 0.877. The normalized spacial score (nSPS) is 15.1. The van der Waals surface area contributed by atoms with Crippen LogP contribution in [0.4, 0.5) is 4.79 Å². The Morgan fingerprint density at radius 3 is 2.67 bits per heavy atom. The molecule has 1 fully saturated rings. The van der Waals surface area contributed by atoms with Crippen molar-refractivity contribution in [2.24, 2.45) is 0 Å². The van der Waals surface area contributed by atoms with Crippen LogP contribution >= 0.6 is 0 Å². The Labute approximate surface area is 137 Å². The fraction of sp³-hybridized carbons (Fsp3) is 0.188. The van der Waals surface area contributed by atoms with Gasteiger partial charge in [-0.15, -0.1) is 0 Å². The second kappa shape index (κ2) is 6.86. The molecule has 0 saturated carbocycles. The average Bonchev–Trinajstić information content (AvgIpc) is 2.94. The van der Waals surface area contributed by atoms with E-state index in [4.69, 9.17) is 4.74 Å². The van der Waals surface area contributed by atoms with Crippen LogP contribution < -0.4 is 5.32 Å². The number of benzene rings is 1. The van der Waals surface area contributed by atoms with Crippen molar-refractivity contribution < 1.29 is 19.1 Å². The first-order valence-corrected chi connectivity index (χ1v) is 7.24. The lowest BCUT2D eigenvalue weighted by Gasteiger charge is -2.22. The molecule has 2 heterocycles. The van der Waals surface area contributed by atoms with Crippen LogP contribution in [0.1, 0.15) is 22.1 Å². The minimum atomic E-state index is -0.713. The van der Waals surface area contributed by atoms with E-state index in [2.05, 4.69) is 15.3 Å². The number of aromatic nitrogens is 2. The molecule has 2 aromatic rings. The summed E-state index contributed by atoms with van der Waals surface area (Å²) in [6.45, 7) is -0.299. The number of carbonyl (C=O) groups excluding carboxylic acids is 3. The molecule has 122 valence electrons. The van der Waals surface area contributed by atoms with Gasteiger partial charge in [0.15, 0.2) is 6.61 Å². The number of hydrogen-bond donors (Lipinski definition) is 1. The van der Waals surface area contributed by atoms with Gasteiger partial charge in [0.25, 0.3) is 11.8 Å². The maximum absolute atomic E-state index is 12.3. The van der Waals surface area contributed by atoms with Gasteiger partial charge >= 0.3 is 6.09 Å². The zero-order valence-electron chi connectivity index (χ0n) is 12.6. The molecule has 0 aliphatic carbocycles. The van der Waals surface area contributed by atoms with Gasteiger partial charge in [-0.3, -0.25) is 14.6 Å². The molecule has 1 aliphatic heterocycles. The first kappa shape index (κ1) is 15.6. The highest BCUT2D eigenvalue weighted by molar-refractivity contribution is 5.98. The van der Waals surface area contributed by atoms with E-state index >= 15 is 0 Å². The van der Waals surface area contributed by atoms with Gasteiger partial charge in [-0.05, 0) is 5.56 Å². The van der Waals surface area contributed by atoms with Gasteiger partial charge < -0.3 is 10.1 Å². The average molecular weight is 326 g/mol. The third kappa shape index (κ3) is 3.37. The molecular formula is C16H14N4O4. The number of nitrogens with zero attached hydrogens (tertiary/aromatic N) is 3. The molecule has 8 heteroatoms. The summed E-state index contributed by atoms with van der Waals surface area (Å²) in [5.41, 5.74) is 0.899. The van der Waals surface area contributed by atoms with E-state index in [0.717, 1.165) is 10.5 Å². The smallest absolute Gasteiger partial charge is 0.417 e. The Hall–Kier alpha value is -3.29. The first-order valence-electron chi connectivity index (χ1n) is 7.24. The summed E-state index contributed by atoms with van der Waals surface area (Å²) >= 11 is 0. The van der Waals surface area contributed by atoms with E-state index in [1.54, 1.807) is 24.3 Å². The molecule has 1 aromatic heterocycles. The van der Waals surface area contributed by atoms with Crippen molar-refractivity contribution in [3.63, 3.8) is 0 Å². The third-order valence-electron chi connectivity index (χ3n) is 3.51. The third-order valence-corrected chi connectivity index (χ3v) is 3.51. The van der Waals surface area contributed by atoms with Crippen LogP contribution in [0.15, 0.2) is 48.9 Å². The molecule has 3 rings (SSSR count). The predicted molar refractivity (Wildman–Crippen MR) is 81.7 cm³/mol. The second-order valence-corrected chi connectivity index (χ2v) is 5.09. The molecule has 1 saturated heterocycles. The van der Waals surface area contributed by atoms with Crippen LogP contribution in [0.2, 0.25) is 0 Å². The van der Waals surface area contributed by atoms with E-state index in [1.807, 2.05) is 6.07 Å². The number of carbonyl (C=O) groups is 3. The number of cyclic esters (lactones) is 1. The number of rotatable bonds is 5. The molecule has 1 N–H and O–H groups in total. The Kier molecular flexibility index (Phi) is 4.46. The van der Waals surface area contributed by atoms with Crippen LogP contribution in [0.3, 0.4) is 0 Å². The highest BCUT2D eigenvalue weighted by Crippen LogP contribution is 2.17. The van der Waals surface area contributed by atoms with E-state index in [9.17, 15) is 14.4 Å². The van der Waals surface area contributed by atoms with Crippen LogP contribution in [-0.4, -0.2) is 45.9 Å². The van der Waals surface area contributed by atoms with Gasteiger partial charge in [-0.2, -0.15) is 0 Å².